The van der Waals surface area contributed by atoms with Crippen LogP contribution in [0.4, 0.5) is 0 Å². The number of hydrogen-bond acceptors (Lipinski definition) is 3. The average Bonchev–Trinajstić information content (AvgIpc) is 2.07. The zero-order valence-corrected chi connectivity index (χ0v) is 8.25. The van der Waals surface area contributed by atoms with E-state index in [1.165, 1.54) is 18.2 Å². The van der Waals surface area contributed by atoms with E-state index in [1.807, 2.05) is 13.8 Å². The molecule has 0 bridgehead atoms. The van der Waals surface area contributed by atoms with Gasteiger partial charge in [-0.3, -0.25) is 4.55 Å². The van der Waals surface area contributed by atoms with E-state index in [0.717, 1.165) is 6.07 Å². The molecule has 0 atom stereocenters. The molecule has 1 aromatic rings. The van der Waals surface area contributed by atoms with Crippen molar-refractivity contribution in [3.05, 3.63) is 24.3 Å². The molecule has 0 saturated carbocycles. The summed E-state index contributed by atoms with van der Waals surface area (Å²) in [6.45, 7) is 4.00. The number of para-hydroxylation sites is 1. The van der Waals surface area contributed by atoms with Gasteiger partial charge in [0.2, 0.25) is 0 Å². The molecule has 1 aromatic carbocycles. The molecular formula is C8H12O4S. The van der Waals surface area contributed by atoms with Gasteiger partial charge in [-0.2, -0.15) is 8.42 Å². The van der Waals surface area contributed by atoms with Crippen LogP contribution in [0.3, 0.4) is 0 Å². The highest BCUT2D eigenvalue weighted by molar-refractivity contribution is 7.86. The van der Waals surface area contributed by atoms with Gasteiger partial charge in [-0.25, -0.2) is 0 Å². The summed E-state index contributed by atoms with van der Waals surface area (Å²) < 4.78 is 29.4. The van der Waals surface area contributed by atoms with Crippen molar-refractivity contribution in [3.8, 4) is 5.75 Å². The largest absolute Gasteiger partial charge is 0.506 e. The SMILES string of the molecule is CC.O=S(=O)(O)c1ccccc1O. The fourth-order valence-corrected chi connectivity index (χ4v) is 1.26. The highest BCUT2D eigenvalue weighted by Crippen LogP contribution is 2.20. The number of rotatable bonds is 1. The number of benzene rings is 1. The maximum Gasteiger partial charge on any atom is 0.298 e. The molecule has 0 aliphatic heterocycles. The molecular weight excluding hydrogens is 192 g/mol. The first-order valence-corrected chi connectivity index (χ1v) is 5.21. The number of hydrogen-bond donors (Lipinski definition) is 2. The Labute approximate surface area is 77.6 Å². The summed E-state index contributed by atoms with van der Waals surface area (Å²) in [4.78, 5) is -0.472. The van der Waals surface area contributed by atoms with Crippen LogP contribution in [0.25, 0.3) is 0 Å². The van der Waals surface area contributed by atoms with E-state index in [0.29, 0.717) is 0 Å². The molecule has 4 nitrogen and oxygen atoms in total. The smallest absolute Gasteiger partial charge is 0.298 e. The van der Waals surface area contributed by atoms with E-state index in [-0.39, 0.29) is 0 Å². The molecule has 74 valence electrons. The quantitative estimate of drug-likeness (QED) is 0.682. The molecule has 0 saturated heterocycles. The first-order chi connectivity index (χ1) is 6.02. The van der Waals surface area contributed by atoms with E-state index < -0.39 is 20.8 Å². The lowest BCUT2D eigenvalue weighted by molar-refractivity contribution is 0.443. The normalized spacial score (nSPS) is 10.1. The molecule has 2 N–H and O–H groups in total. The minimum Gasteiger partial charge on any atom is -0.506 e. The van der Waals surface area contributed by atoms with Gasteiger partial charge in [0, 0.05) is 0 Å². The Balaban J connectivity index is 0.000000671. The van der Waals surface area contributed by atoms with Gasteiger partial charge in [-0.1, -0.05) is 26.0 Å². The van der Waals surface area contributed by atoms with Crippen molar-refractivity contribution >= 4 is 10.1 Å². The van der Waals surface area contributed by atoms with E-state index in [9.17, 15) is 8.42 Å². The Kier molecular flexibility index (Phi) is 4.44. The van der Waals surface area contributed by atoms with Gasteiger partial charge in [0.05, 0.1) is 0 Å². The van der Waals surface area contributed by atoms with Crippen LogP contribution >= 0.6 is 0 Å². The zero-order chi connectivity index (χ0) is 10.5. The van der Waals surface area contributed by atoms with Crippen molar-refractivity contribution in [3.63, 3.8) is 0 Å². The standard InChI is InChI=1S/C6H6O4S.C2H6/c7-5-3-1-2-4-6(5)11(8,9)10;1-2/h1-4,7H,(H,8,9,10);1-2H3. The third-order valence-electron chi connectivity index (χ3n) is 1.14. The molecule has 0 fully saturated rings. The van der Waals surface area contributed by atoms with Gasteiger partial charge in [-0.15, -0.1) is 0 Å². The van der Waals surface area contributed by atoms with Crippen LogP contribution in [-0.4, -0.2) is 18.1 Å². The van der Waals surface area contributed by atoms with Crippen molar-refractivity contribution in [1.82, 2.24) is 0 Å². The summed E-state index contributed by atoms with van der Waals surface area (Å²) >= 11 is 0. The van der Waals surface area contributed by atoms with Crippen molar-refractivity contribution < 1.29 is 18.1 Å². The predicted molar refractivity (Wildman–Crippen MR) is 49.3 cm³/mol. The molecule has 5 heteroatoms. The second-order valence-electron chi connectivity index (χ2n) is 1.94. The highest BCUT2D eigenvalue weighted by atomic mass is 32.2. The van der Waals surface area contributed by atoms with E-state index >= 15 is 0 Å². The summed E-state index contributed by atoms with van der Waals surface area (Å²) in [7, 11) is -4.28. The van der Waals surface area contributed by atoms with Gasteiger partial charge < -0.3 is 5.11 Å². The third kappa shape index (κ3) is 3.43. The summed E-state index contributed by atoms with van der Waals surface area (Å²) in [5.74, 6) is -0.449. The van der Waals surface area contributed by atoms with Crippen LogP contribution in [0.5, 0.6) is 5.75 Å². The molecule has 0 aliphatic rings. The molecule has 0 amide bonds. The van der Waals surface area contributed by atoms with E-state index in [2.05, 4.69) is 0 Å². The number of aromatic hydroxyl groups is 1. The molecule has 0 heterocycles. The van der Waals surface area contributed by atoms with Crippen LogP contribution in [0, 0.1) is 0 Å². The molecule has 1 rings (SSSR count). The van der Waals surface area contributed by atoms with Gasteiger partial charge in [0.25, 0.3) is 10.1 Å². The lowest BCUT2D eigenvalue weighted by Crippen LogP contribution is -1.97. The second kappa shape index (κ2) is 4.84. The van der Waals surface area contributed by atoms with Gasteiger partial charge in [0.15, 0.2) is 0 Å². The lowest BCUT2D eigenvalue weighted by Gasteiger charge is -1.97. The first kappa shape index (κ1) is 11.9. The van der Waals surface area contributed by atoms with Gasteiger partial charge >= 0.3 is 0 Å². The maximum atomic E-state index is 10.4. The Bertz CT molecular complexity index is 356. The Morgan fingerprint density at radius 3 is 1.92 bits per heavy atom. The van der Waals surface area contributed by atoms with Crippen LogP contribution in [0.15, 0.2) is 29.2 Å². The highest BCUT2D eigenvalue weighted by Gasteiger charge is 2.12. The minimum absolute atomic E-state index is 0.449. The van der Waals surface area contributed by atoms with E-state index in [1.54, 1.807) is 0 Å². The average molecular weight is 204 g/mol. The first-order valence-electron chi connectivity index (χ1n) is 3.77. The topological polar surface area (TPSA) is 74.6 Å². The van der Waals surface area contributed by atoms with Gasteiger partial charge in [-0.05, 0) is 12.1 Å². The van der Waals surface area contributed by atoms with Crippen molar-refractivity contribution in [2.75, 3.05) is 0 Å². The minimum atomic E-state index is -4.28. The van der Waals surface area contributed by atoms with Crippen LogP contribution in [0.1, 0.15) is 13.8 Å². The third-order valence-corrected chi connectivity index (χ3v) is 2.04. The van der Waals surface area contributed by atoms with Crippen LogP contribution in [0.2, 0.25) is 0 Å². The van der Waals surface area contributed by atoms with Crippen LogP contribution in [-0.2, 0) is 10.1 Å². The van der Waals surface area contributed by atoms with Crippen molar-refractivity contribution in [1.29, 1.82) is 0 Å². The fourth-order valence-electron chi connectivity index (χ4n) is 0.675. The second-order valence-corrected chi connectivity index (χ2v) is 3.33. The maximum absolute atomic E-state index is 10.4. The molecule has 13 heavy (non-hydrogen) atoms. The zero-order valence-electron chi connectivity index (χ0n) is 7.43. The molecule has 0 radical (unpaired) electrons. The molecule has 0 unspecified atom stereocenters. The van der Waals surface area contributed by atoms with Crippen LogP contribution < -0.4 is 0 Å². The monoisotopic (exact) mass is 204 g/mol. The lowest BCUT2D eigenvalue weighted by atomic mass is 10.3. The Morgan fingerprint density at radius 2 is 1.62 bits per heavy atom. The van der Waals surface area contributed by atoms with E-state index in [4.69, 9.17) is 9.66 Å². The summed E-state index contributed by atoms with van der Waals surface area (Å²) in [5, 5.41) is 8.91. The summed E-state index contributed by atoms with van der Waals surface area (Å²) in [5.41, 5.74) is 0. The number of phenolic OH excluding ortho intramolecular Hbond substituents is 1. The molecule has 0 aromatic heterocycles. The summed E-state index contributed by atoms with van der Waals surface area (Å²) in [6, 6.07) is 5.17. The van der Waals surface area contributed by atoms with Gasteiger partial charge in [0.1, 0.15) is 10.6 Å². The Morgan fingerprint density at radius 1 is 1.15 bits per heavy atom. The fraction of sp³-hybridized carbons (Fsp3) is 0.250. The van der Waals surface area contributed by atoms with Crippen molar-refractivity contribution in [2.45, 2.75) is 18.7 Å². The molecule has 0 spiro atoms. The summed E-state index contributed by atoms with van der Waals surface area (Å²) in [6.07, 6.45) is 0. The van der Waals surface area contributed by atoms with Crippen molar-refractivity contribution in [2.24, 2.45) is 0 Å². The molecule has 0 aliphatic carbocycles. The number of phenols is 1. The Hall–Kier alpha value is -1.07. The predicted octanol–water partition coefficient (Wildman–Crippen LogP) is 1.67.